The van der Waals surface area contributed by atoms with Crippen LogP contribution in [-0.2, 0) is 5.41 Å². The molecule has 0 saturated heterocycles. The van der Waals surface area contributed by atoms with E-state index in [2.05, 4.69) is 254 Å². The number of allylic oxidation sites excluding steroid dienone is 4. The maximum atomic E-state index is 2.43. The lowest BCUT2D eigenvalue weighted by Gasteiger charge is -2.37. The predicted octanol–water partition coefficient (Wildman–Crippen LogP) is 16.4. The molecular formula is C61H45N. The van der Waals surface area contributed by atoms with Gasteiger partial charge < -0.3 is 4.90 Å². The van der Waals surface area contributed by atoms with Gasteiger partial charge in [0.05, 0.1) is 5.41 Å². The normalized spacial score (nSPS) is 15.1. The molecule has 294 valence electrons. The van der Waals surface area contributed by atoms with Gasteiger partial charge in [-0.3, -0.25) is 0 Å². The van der Waals surface area contributed by atoms with Crippen molar-refractivity contribution in [2.75, 3.05) is 4.90 Å². The van der Waals surface area contributed by atoms with E-state index in [0.717, 1.165) is 29.9 Å². The van der Waals surface area contributed by atoms with E-state index in [9.17, 15) is 0 Å². The lowest BCUT2D eigenvalue weighted by Crippen LogP contribution is -2.30. The molecule has 2 aliphatic carbocycles. The minimum absolute atomic E-state index is 0.369. The minimum Gasteiger partial charge on any atom is -0.311 e. The maximum Gasteiger partial charge on any atom is 0.0676 e. The van der Waals surface area contributed by atoms with Gasteiger partial charge >= 0.3 is 0 Å². The van der Waals surface area contributed by atoms with Crippen molar-refractivity contribution in [3.63, 3.8) is 0 Å². The fraction of sp³-hybridized carbons (Fsp3) is 0.0492. The Morgan fingerprint density at radius 3 is 1.31 bits per heavy atom. The predicted molar refractivity (Wildman–Crippen MR) is 261 cm³/mol. The largest absolute Gasteiger partial charge is 0.311 e. The van der Waals surface area contributed by atoms with Gasteiger partial charge in [0.1, 0.15) is 0 Å². The van der Waals surface area contributed by atoms with Crippen LogP contribution in [0, 0.1) is 0 Å². The zero-order valence-electron chi connectivity index (χ0n) is 34.5. The second kappa shape index (κ2) is 16.0. The first-order chi connectivity index (χ1) is 30.7. The first-order valence-corrected chi connectivity index (χ1v) is 21.7. The number of benzene rings is 9. The standard InChI is InChI=1S/C61H45N/c1-5-15-44(16-6-1)46-25-27-47(28-26-46)49-31-38-55(39-32-49)62(54-21-11-4-12-22-54)56-40-33-50(34-41-56)51-35-42-60-58(43-51)57-23-13-14-24-59(57)61(60,52-19-9-3-10-20-52)53-36-29-48(30-37-53)45-17-7-2-8-18-45/h1-9,11-19,21-43H,10,20H2. The van der Waals surface area contributed by atoms with E-state index in [1.54, 1.807) is 0 Å². The molecule has 0 heterocycles. The lowest BCUT2D eigenvalue weighted by atomic mass is 9.65. The number of hydrogen-bond acceptors (Lipinski definition) is 1. The number of anilines is 3. The van der Waals surface area contributed by atoms with Crippen LogP contribution in [0.2, 0.25) is 0 Å². The minimum atomic E-state index is -0.369. The Morgan fingerprint density at radius 2 is 0.758 bits per heavy atom. The molecule has 2 aliphatic rings. The van der Waals surface area contributed by atoms with Crippen molar-refractivity contribution in [3.05, 3.63) is 271 Å². The van der Waals surface area contributed by atoms with Crippen molar-refractivity contribution in [1.29, 1.82) is 0 Å². The molecule has 62 heavy (non-hydrogen) atoms. The third-order valence-corrected chi connectivity index (χ3v) is 12.9. The summed E-state index contributed by atoms with van der Waals surface area (Å²) in [5.74, 6) is 0. The average Bonchev–Trinajstić information content (AvgIpc) is 3.66. The van der Waals surface area contributed by atoms with Crippen molar-refractivity contribution in [1.82, 2.24) is 0 Å². The summed E-state index contributed by atoms with van der Waals surface area (Å²) in [6.07, 6.45) is 9.00. The fourth-order valence-electron chi connectivity index (χ4n) is 9.88. The zero-order chi connectivity index (χ0) is 41.3. The first-order valence-electron chi connectivity index (χ1n) is 21.7. The van der Waals surface area contributed by atoms with Crippen LogP contribution in [0.1, 0.15) is 29.5 Å². The Balaban J connectivity index is 0.941. The summed E-state index contributed by atoms with van der Waals surface area (Å²) in [5.41, 5.74) is 20.8. The molecule has 1 atom stereocenters. The number of fused-ring (bicyclic) bond motifs is 3. The molecule has 9 aromatic carbocycles. The first kappa shape index (κ1) is 37.3. The van der Waals surface area contributed by atoms with Crippen LogP contribution in [-0.4, -0.2) is 0 Å². The molecule has 9 aromatic rings. The number of nitrogens with zero attached hydrogens (tertiary/aromatic N) is 1. The van der Waals surface area contributed by atoms with E-state index in [1.165, 1.54) is 77.9 Å². The third kappa shape index (κ3) is 6.60. The molecule has 0 radical (unpaired) electrons. The van der Waals surface area contributed by atoms with Crippen LogP contribution in [0.15, 0.2) is 254 Å². The van der Waals surface area contributed by atoms with Crippen LogP contribution >= 0.6 is 0 Å². The highest BCUT2D eigenvalue weighted by molar-refractivity contribution is 5.89. The van der Waals surface area contributed by atoms with Gasteiger partial charge in [0.25, 0.3) is 0 Å². The molecule has 0 N–H and O–H groups in total. The van der Waals surface area contributed by atoms with Crippen LogP contribution in [0.3, 0.4) is 0 Å². The summed E-state index contributed by atoms with van der Waals surface area (Å²) < 4.78 is 0. The van der Waals surface area contributed by atoms with Gasteiger partial charge in [-0.1, -0.05) is 212 Å². The summed E-state index contributed by atoms with van der Waals surface area (Å²) in [6.45, 7) is 0. The van der Waals surface area contributed by atoms with Crippen molar-refractivity contribution >= 4 is 17.1 Å². The Labute approximate surface area is 365 Å². The number of rotatable bonds is 9. The van der Waals surface area contributed by atoms with Gasteiger partial charge in [0.2, 0.25) is 0 Å². The van der Waals surface area contributed by atoms with E-state index in [-0.39, 0.29) is 5.41 Å². The zero-order valence-corrected chi connectivity index (χ0v) is 34.5. The fourth-order valence-corrected chi connectivity index (χ4v) is 9.88. The summed E-state index contributed by atoms with van der Waals surface area (Å²) in [6, 6.07) is 84.4. The summed E-state index contributed by atoms with van der Waals surface area (Å²) in [4.78, 5) is 2.34. The Bertz CT molecular complexity index is 3050. The SMILES string of the molecule is C1=CCCC(C2(c3ccc(-c4ccccc4)cc3)c3ccccc3-c3cc(-c4ccc(N(c5ccccc5)c5ccc(-c6ccc(-c7ccccc7)cc6)cc5)cc4)ccc32)=C1. The van der Waals surface area contributed by atoms with Gasteiger partial charge in [0, 0.05) is 17.1 Å². The molecule has 0 bridgehead atoms. The second-order valence-corrected chi connectivity index (χ2v) is 16.4. The molecule has 1 nitrogen and oxygen atoms in total. The highest BCUT2D eigenvalue weighted by Gasteiger charge is 2.47. The lowest BCUT2D eigenvalue weighted by molar-refractivity contribution is 0.693. The van der Waals surface area contributed by atoms with E-state index in [1.807, 2.05) is 0 Å². The Kier molecular flexibility index (Phi) is 9.64. The van der Waals surface area contributed by atoms with Gasteiger partial charge in [-0.2, -0.15) is 0 Å². The van der Waals surface area contributed by atoms with Crippen LogP contribution < -0.4 is 4.90 Å². The second-order valence-electron chi connectivity index (χ2n) is 16.4. The highest BCUT2D eigenvalue weighted by Crippen LogP contribution is 2.58. The van der Waals surface area contributed by atoms with Gasteiger partial charge in [-0.25, -0.2) is 0 Å². The number of para-hydroxylation sites is 1. The summed E-state index contributed by atoms with van der Waals surface area (Å²) >= 11 is 0. The average molecular weight is 792 g/mol. The van der Waals surface area contributed by atoms with Gasteiger partial charge in [-0.15, -0.1) is 0 Å². The topological polar surface area (TPSA) is 3.24 Å². The van der Waals surface area contributed by atoms with Crippen molar-refractivity contribution in [2.45, 2.75) is 18.3 Å². The molecule has 1 heteroatoms. The van der Waals surface area contributed by atoms with E-state index >= 15 is 0 Å². The molecule has 1 unspecified atom stereocenters. The quantitative estimate of drug-likeness (QED) is 0.141. The summed E-state index contributed by atoms with van der Waals surface area (Å²) in [7, 11) is 0. The Hall–Kier alpha value is -7.74. The molecule has 0 spiro atoms. The van der Waals surface area contributed by atoms with Crippen LogP contribution in [0.5, 0.6) is 0 Å². The smallest absolute Gasteiger partial charge is 0.0676 e. The van der Waals surface area contributed by atoms with E-state index in [0.29, 0.717) is 0 Å². The van der Waals surface area contributed by atoms with Gasteiger partial charge in [0.15, 0.2) is 0 Å². The maximum absolute atomic E-state index is 2.43. The van der Waals surface area contributed by atoms with Crippen LogP contribution in [0.25, 0.3) is 55.6 Å². The van der Waals surface area contributed by atoms with Crippen molar-refractivity contribution in [2.24, 2.45) is 0 Å². The molecular weight excluding hydrogens is 747 g/mol. The monoisotopic (exact) mass is 791 g/mol. The molecule has 0 saturated carbocycles. The van der Waals surface area contributed by atoms with Crippen molar-refractivity contribution in [3.8, 4) is 55.6 Å². The number of hydrogen-bond donors (Lipinski definition) is 0. The molecule has 0 aliphatic heterocycles. The molecule has 0 amide bonds. The summed E-state index contributed by atoms with van der Waals surface area (Å²) in [5, 5.41) is 0. The van der Waals surface area contributed by atoms with E-state index in [4.69, 9.17) is 0 Å². The molecule has 11 rings (SSSR count). The Morgan fingerprint density at radius 1 is 0.339 bits per heavy atom. The highest BCUT2D eigenvalue weighted by atomic mass is 15.1. The van der Waals surface area contributed by atoms with Crippen LogP contribution in [0.4, 0.5) is 17.1 Å². The van der Waals surface area contributed by atoms with Gasteiger partial charge in [-0.05, 0) is 128 Å². The molecule has 0 aromatic heterocycles. The third-order valence-electron chi connectivity index (χ3n) is 12.9. The van der Waals surface area contributed by atoms with Crippen molar-refractivity contribution < 1.29 is 0 Å². The van der Waals surface area contributed by atoms with E-state index < -0.39 is 0 Å². The molecule has 0 fully saturated rings.